The van der Waals surface area contributed by atoms with Crippen molar-refractivity contribution >= 4 is 6.29 Å². The van der Waals surface area contributed by atoms with Gasteiger partial charge in [-0.2, -0.15) is 5.10 Å². The maximum Gasteiger partial charge on any atom is 0.150 e. The van der Waals surface area contributed by atoms with Crippen LogP contribution in [-0.4, -0.2) is 16.1 Å². The number of nitrogens with zero attached hydrogens (tertiary/aromatic N) is 2. The molecule has 0 radical (unpaired) electrons. The van der Waals surface area contributed by atoms with Crippen LogP contribution in [0.3, 0.4) is 0 Å². The zero-order valence-electron chi connectivity index (χ0n) is 10.5. The van der Waals surface area contributed by atoms with Crippen molar-refractivity contribution in [3.63, 3.8) is 0 Å². The van der Waals surface area contributed by atoms with Crippen LogP contribution in [0.2, 0.25) is 0 Å². The van der Waals surface area contributed by atoms with Crippen LogP contribution in [0.5, 0.6) is 5.75 Å². The molecule has 0 amide bonds. The standard InChI is InChI=1S/C14H16N2O2/c1-11(2)16-7-6-13(15-16)10-18-14-5-3-4-12(8-14)9-17/h3-9,11H,10H2,1-2H3. The molecular weight excluding hydrogens is 228 g/mol. The molecule has 0 unspecified atom stereocenters. The molecule has 18 heavy (non-hydrogen) atoms. The largest absolute Gasteiger partial charge is 0.487 e. The minimum Gasteiger partial charge on any atom is -0.487 e. The van der Waals surface area contributed by atoms with Crippen LogP contribution in [0, 0.1) is 0 Å². The lowest BCUT2D eigenvalue weighted by Crippen LogP contribution is -2.03. The van der Waals surface area contributed by atoms with Crippen LogP contribution in [0.4, 0.5) is 0 Å². The van der Waals surface area contributed by atoms with Gasteiger partial charge in [-0.05, 0) is 32.0 Å². The van der Waals surface area contributed by atoms with Crippen LogP contribution in [0.15, 0.2) is 36.5 Å². The predicted octanol–water partition coefficient (Wildman–Crippen LogP) is 2.86. The number of carbonyl (C=O) groups is 1. The van der Waals surface area contributed by atoms with E-state index in [2.05, 4.69) is 18.9 Å². The summed E-state index contributed by atoms with van der Waals surface area (Å²) in [5, 5.41) is 4.39. The SMILES string of the molecule is CC(C)n1ccc(COc2cccc(C=O)c2)n1. The molecule has 1 aromatic heterocycles. The first-order valence-corrected chi connectivity index (χ1v) is 5.91. The Hall–Kier alpha value is -2.10. The zero-order valence-corrected chi connectivity index (χ0v) is 10.5. The van der Waals surface area contributed by atoms with Crippen molar-refractivity contribution in [3.8, 4) is 5.75 Å². The molecule has 2 aromatic rings. The maximum absolute atomic E-state index is 10.6. The number of ether oxygens (including phenoxy) is 1. The van der Waals surface area contributed by atoms with Crippen molar-refractivity contribution in [2.24, 2.45) is 0 Å². The van der Waals surface area contributed by atoms with Crippen molar-refractivity contribution in [2.45, 2.75) is 26.5 Å². The highest BCUT2D eigenvalue weighted by molar-refractivity contribution is 5.75. The Kier molecular flexibility index (Phi) is 3.77. The first-order valence-electron chi connectivity index (χ1n) is 5.91. The van der Waals surface area contributed by atoms with Crippen molar-refractivity contribution in [2.75, 3.05) is 0 Å². The molecule has 0 aliphatic rings. The quantitative estimate of drug-likeness (QED) is 0.760. The topological polar surface area (TPSA) is 44.1 Å². The molecule has 0 aliphatic heterocycles. The van der Waals surface area contributed by atoms with Gasteiger partial charge < -0.3 is 4.74 Å². The highest BCUT2D eigenvalue weighted by Crippen LogP contribution is 2.14. The van der Waals surface area contributed by atoms with Gasteiger partial charge in [-0.15, -0.1) is 0 Å². The van der Waals surface area contributed by atoms with Crippen LogP contribution >= 0.6 is 0 Å². The minimum absolute atomic E-state index is 0.345. The predicted molar refractivity (Wildman–Crippen MR) is 68.8 cm³/mol. The summed E-state index contributed by atoms with van der Waals surface area (Å²) in [6, 6.07) is 9.36. The van der Waals surface area contributed by atoms with E-state index in [0.29, 0.717) is 24.0 Å². The number of carbonyl (C=O) groups excluding carboxylic acids is 1. The van der Waals surface area contributed by atoms with E-state index >= 15 is 0 Å². The van der Waals surface area contributed by atoms with E-state index in [9.17, 15) is 4.79 Å². The normalized spacial score (nSPS) is 10.6. The van der Waals surface area contributed by atoms with E-state index in [4.69, 9.17) is 4.74 Å². The minimum atomic E-state index is 0.345. The summed E-state index contributed by atoms with van der Waals surface area (Å²) in [5.74, 6) is 0.679. The van der Waals surface area contributed by atoms with E-state index in [1.807, 2.05) is 23.0 Å². The molecule has 1 aromatic carbocycles. The Morgan fingerprint density at radius 3 is 2.89 bits per heavy atom. The monoisotopic (exact) mass is 244 g/mol. The van der Waals surface area contributed by atoms with Crippen molar-refractivity contribution in [3.05, 3.63) is 47.8 Å². The van der Waals surface area contributed by atoms with Gasteiger partial charge in [0.2, 0.25) is 0 Å². The Morgan fingerprint density at radius 1 is 1.39 bits per heavy atom. The van der Waals surface area contributed by atoms with E-state index < -0.39 is 0 Å². The fourth-order valence-corrected chi connectivity index (χ4v) is 1.58. The molecule has 4 heteroatoms. The Morgan fingerprint density at radius 2 is 2.22 bits per heavy atom. The number of benzene rings is 1. The number of hydrogen-bond acceptors (Lipinski definition) is 3. The molecule has 0 bridgehead atoms. The molecule has 0 saturated carbocycles. The summed E-state index contributed by atoms with van der Waals surface area (Å²) in [6.45, 7) is 4.55. The van der Waals surface area contributed by atoms with Crippen LogP contribution in [0.1, 0.15) is 35.9 Å². The summed E-state index contributed by atoms with van der Waals surface area (Å²) in [4.78, 5) is 10.6. The molecule has 0 saturated heterocycles. The molecule has 1 heterocycles. The molecule has 0 aliphatic carbocycles. The third-order valence-corrected chi connectivity index (χ3v) is 2.57. The second-order valence-corrected chi connectivity index (χ2v) is 4.36. The van der Waals surface area contributed by atoms with Gasteiger partial charge in [0, 0.05) is 17.8 Å². The third kappa shape index (κ3) is 2.97. The average molecular weight is 244 g/mol. The van der Waals surface area contributed by atoms with Gasteiger partial charge in [0.25, 0.3) is 0 Å². The lowest BCUT2D eigenvalue weighted by molar-refractivity contribution is 0.112. The highest BCUT2D eigenvalue weighted by Gasteiger charge is 2.03. The van der Waals surface area contributed by atoms with Gasteiger partial charge in [0.1, 0.15) is 18.6 Å². The molecule has 2 rings (SSSR count). The summed E-state index contributed by atoms with van der Waals surface area (Å²) in [5.41, 5.74) is 1.49. The first-order chi connectivity index (χ1) is 8.69. The summed E-state index contributed by atoms with van der Waals surface area (Å²) in [7, 11) is 0. The first kappa shape index (κ1) is 12.4. The highest BCUT2D eigenvalue weighted by atomic mass is 16.5. The molecule has 0 atom stereocenters. The van der Waals surface area contributed by atoms with Gasteiger partial charge in [-0.25, -0.2) is 0 Å². The number of aldehydes is 1. The Balaban J connectivity index is 1.99. The van der Waals surface area contributed by atoms with E-state index in [0.717, 1.165) is 12.0 Å². The molecular formula is C14H16N2O2. The van der Waals surface area contributed by atoms with E-state index in [1.54, 1.807) is 18.2 Å². The van der Waals surface area contributed by atoms with Gasteiger partial charge >= 0.3 is 0 Å². The van der Waals surface area contributed by atoms with Crippen molar-refractivity contribution in [1.29, 1.82) is 0 Å². The number of hydrogen-bond donors (Lipinski definition) is 0. The smallest absolute Gasteiger partial charge is 0.150 e. The van der Waals surface area contributed by atoms with Crippen LogP contribution in [-0.2, 0) is 6.61 Å². The molecule has 0 fully saturated rings. The van der Waals surface area contributed by atoms with Crippen molar-refractivity contribution < 1.29 is 9.53 Å². The summed E-state index contributed by atoms with van der Waals surface area (Å²) in [6.07, 6.45) is 2.74. The summed E-state index contributed by atoms with van der Waals surface area (Å²) < 4.78 is 7.48. The fourth-order valence-electron chi connectivity index (χ4n) is 1.58. The van der Waals surface area contributed by atoms with Gasteiger partial charge in [0.05, 0.1) is 5.69 Å². The Bertz CT molecular complexity index is 532. The number of aromatic nitrogens is 2. The fraction of sp³-hybridized carbons (Fsp3) is 0.286. The van der Waals surface area contributed by atoms with Crippen LogP contribution < -0.4 is 4.74 Å². The summed E-state index contributed by atoms with van der Waals surface area (Å²) >= 11 is 0. The van der Waals surface area contributed by atoms with Crippen LogP contribution in [0.25, 0.3) is 0 Å². The molecule has 0 N–H and O–H groups in total. The number of rotatable bonds is 5. The van der Waals surface area contributed by atoms with E-state index in [1.165, 1.54) is 0 Å². The molecule has 94 valence electrons. The maximum atomic E-state index is 10.6. The molecule has 0 spiro atoms. The van der Waals surface area contributed by atoms with Gasteiger partial charge in [-0.1, -0.05) is 12.1 Å². The van der Waals surface area contributed by atoms with Crippen molar-refractivity contribution in [1.82, 2.24) is 9.78 Å². The second-order valence-electron chi connectivity index (χ2n) is 4.36. The van der Waals surface area contributed by atoms with Gasteiger partial charge in [-0.3, -0.25) is 9.48 Å². The lowest BCUT2D eigenvalue weighted by atomic mass is 10.2. The second kappa shape index (κ2) is 5.49. The zero-order chi connectivity index (χ0) is 13.0. The molecule has 4 nitrogen and oxygen atoms in total. The van der Waals surface area contributed by atoms with Gasteiger partial charge in [0.15, 0.2) is 0 Å². The Labute approximate surface area is 106 Å². The van der Waals surface area contributed by atoms with E-state index in [-0.39, 0.29) is 0 Å². The third-order valence-electron chi connectivity index (χ3n) is 2.57. The lowest BCUT2D eigenvalue weighted by Gasteiger charge is -2.05. The average Bonchev–Trinajstić information content (AvgIpc) is 2.85.